The summed E-state index contributed by atoms with van der Waals surface area (Å²) in [4.78, 5) is 10.1. The van der Waals surface area contributed by atoms with Gasteiger partial charge in [-0.15, -0.1) is 0 Å². The molecule has 0 fully saturated rings. The molecule has 3 heteroatoms. The fourth-order valence-electron chi connectivity index (χ4n) is 2.86. The van der Waals surface area contributed by atoms with Gasteiger partial charge in [-0.1, -0.05) is 96.8 Å². The van der Waals surface area contributed by atoms with E-state index in [0.717, 1.165) is 12.8 Å². The number of rotatable bonds is 18. The molecule has 0 spiro atoms. The van der Waals surface area contributed by atoms with Crippen molar-refractivity contribution in [1.29, 1.82) is 0 Å². The van der Waals surface area contributed by atoms with Crippen LogP contribution in [0.3, 0.4) is 0 Å². The maximum Gasteiger partial charge on any atom is 0.294 e. The maximum absolute atomic E-state index is 10.1. The van der Waals surface area contributed by atoms with Crippen LogP contribution in [0, 0.1) is 0 Å². The predicted molar refractivity (Wildman–Crippen MR) is 94.7 cm³/mol. The molecule has 1 unspecified atom stereocenters. The van der Waals surface area contributed by atoms with Gasteiger partial charge in [-0.05, 0) is 12.8 Å². The Morgan fingerprint density at radius 1 is 0.727 bits per heavy atom. The molecule has 0 aliphatic rings. The van der Waals surface area contributed by atoms with Crippen LogP contribution in [0.25, 0.3) is 0 Å². The summed E-state index contributed by atoms with van der Waals surface area (Å²) >= 11 is 0. The summed E-state index contributed by atoms with van der Waals surface area (Å²) in [7, 11) is 0. The highest BCUT2D eigenvalue weighted by Crippen LogP contribution is 2.13. The van der Waals surface area contributed by atoms with Crippen LogP contribution in [-0.4, -0.2) is 12.7 Å². The first-order chi connectivity index (χ1) is 10.8. The molecule has 0 aliphatic carbocycles. The number of hydrogen-bond donors (Lipinski definition) is 1. The Hall–Kier alpha value is -0.570. The van der Waals surface area contributed by atoms with E-state index >= 15 is 0 Å². The van der Waals surface area contributed by atoms with E-state index in [2.05, 4.69) is 11.7 Å². The average Bonchev–Trinajstić information content (AvgIpc) is 2.51. The van der Waals surface area contributed by atoms with Crippen LogP contribution in [-0.2, 0) is 9.53 Å². The number of hydrogen-bond acceptors (Lipinski definition) is 3. The molecule has 2 N–H and O–H groups in total. The number of carbonyl (C=O) groups is 1. The summed E-state index contributed by atoms with van der Waals surface area (Å²) in [6, 6.07) is 0. The van der Waals surface area contributed by atoms with E-state index in [9.17, 15) is 4.79 Å². The number of nitrogens with two attached hydrogens (primary N) is 1. The number of carbonyl (C=O) groups excluding carboxylic acids is 1. The second-order valence-electron chi connectivity index (χ2n) is 6.51. The van der Waals surface area contributed by atoms with Crippen LogP contribution >= 0.6 is 0 Å². The first-order valence-corrected chi connectivity index (χ1v) is 9.66. The van der Waals surface area contributed by atoms with E-state index in [4.69, 9.17) is 5.73 Å². The van der Waals surface area contributed by atoms with Crippen molar-refractivity contribution in [3.05, 3.63) is 0 Å². The van der Waals surface area contributed by atoms with Gasteiger partial charge in [0.15, 0.2) is 6.23 Å². The Balaban J connectivity index is 3.01. The van der Waals surface area contributed by atoms with Crippen LogP contribution in [0.4, 0.5) is 0 Å². The third-order valence-electron chi connectivity index (χ3n) is 4.32. The second kappa shape index (κ2) is 18.5. The van der Waals surface area contributed by atoms with Crippen molar-refractivity contribution in [2.45, 2.75) is 116 Å². The van der Waals surface area contributed by atoms with Crippen LogP contribution in [0.15, 0.2) is 0 Å². The Morgan fingerprint density at radius 2 is 1.09 bits per heavy atom. The standard InChI is InChI=1S/C19H39NO2/c1-2-3-4-5-6-7-8-9-10-11-12-13-14-15-16-17-19(20)22-18-21/h18-19H,2-17,20H2,1H3. The molecule has 0 aliphatic heterocycles. The molecular weight excluding hydrogens is 274 g/mol. The summed E-state index contributed by atoms with van der Waals surface area (Å²) in [5.74, 6) is 0. The third kappa shape index (κ3) is 17.5. The summed E-state index contributed by atoms with van der Waals surface area (Å²) < 4.78 is 4.66. The van der Waals surface area contributed by atoms with Gasteiger partial charge in [0.2, 0.25) is 0 Å². The maximum atomic E-state index is 10.1. The molecule has 0 rings (SSSR count). The van der Waals surface area contributed by atoms with Crippen molar-refractivity contribution in [3.63, 3.8) is 0 Å². The zero-order valence-electron chi connectivity index (χ0n) is 14.9. The second-order valence-corrected chi connectivity index (χ2v) is 6.51. The normalized spacial score (nSPS) is 12.3. The van der Waals surface area contributed by atoms with Gasteiger partial charge < -0.3 is 4.74 Å². The average molecular weight is 314 g/mol. The van der Waals surface area contributed by atoms with Gasteiger partial charge in [-0.2, -0.15) is 0 Å². The molecule has 1 atom stereocenters. The number of unbranched alkanes of at least 4 members (excludes halogenated alkanes) is 14. The van der Waals surface area contributed by atoms with Gasteiger partial charge in [0.05, 0.1) is 0 Å². The van der Waals surface area contributed by atoms with E-state index in [0.29, 0.717) is 6.47 Å². The lowest BCUT2D eigenvalue weighted by molar-refractivity contribution is -0.133. The Bertz CT molecular complexity index is 221. The SMILES string of the molecule is CCCCCCCCCCCCCCCCCC(N)OC=O. The summed E-state index contributed by atoms with van der Waals surface area (Å²) in [5, 5.41) is 0. The van der Waals surface area contributed by atoms with Crippen LogP contribution in [0.2, 0.25) is 0 Å². The van der Waals surface area contributed by atoms with Crippen molar-refractivity contribution in [2.24, 2.45) is 5.73 Å². The van der Waals surface area contributed by atoms with Crippen molar-refractivity contribution in [2.75, 3.05) is 0 Å². The molecule has 22 heavy (non-hydrogen) atoms. The largest absolute Gasteiger partial charge is 0.449 e. The van der Waals surface area contributed by atoms with Crippen molar-refractivity contribution in [3.8, 4) is 0 Å². The fourth-order valence-corrected chi connectivity index (χ4v) is 2.86. The van der Waals surface area contributed by atoms with E-state index in [1.807, 2.05) is 0 Å². The summed E-state index contributed by atoms with van der Waals surface area (Å²) in [5.41, 5.74) is 5.58. The molecule has 0 radical (unpaired) electrons. The van der Waals surface area contributed by atoms with Gasteiger partial charge in [-0.25, -0.2) is 0 Å². The minimum Gasteiger partial charge on any atom is -0.449 e. The number of ether oxygens (including phenoxy) is 1. The van der Waals surface area contributed by atoms with Crippen LogP contribution in [0.1, 0.15) is 110 Å². The smallest absolute Gasteiger partial charge is 0.294 e. The first-order valence-electron chi connectivity index (χ1n) is 9.66. The van der Waals surface area contributed by atoms with E-state index in [1.165, 1.54) is 89.9 Å². The van der Waals surface area contributed by atoms with Crippen LogP contribution in [0.5, 0.6) is 0 Å². The van der Waals surface area contributed by atoms with E-state index < -0.39 is 6.23 Å². The molecule has 0 saturated heterocycles. The van der Waals surface area contributed by atoms with Gasteiger partial charge >= 0.3 is 0 Å². The molecule has 3 nitrogen and oxygen atoms in total. The van der Waals surface area contributed by atoms with Gasteiger partial charge in [0.1, 0.15) is 0 Å². The molecule has 0 heterocycles. The van der Waals surface area contributed by atoms with Crippen molar-refractivity contribution in [1.82, 2.24) is 0 Å². The summed E-state index contributed by atoms with van der Waals surface area (Å²) in [6.45, 7) is 2.72. The van der Waals surface area contributed by atoms with Gasteiger partial charge in [0, 0.05) is 0 Å². The topological polar surface area (TPSA) is 52.3 Å². The molecule has 0 amide bonds. The molecule has 0 aromatic rings. The van der Waals surface area contributed by atoms with Gasteiger partial charge in [-0.3, -0.25) is 10.5 Å². The van der Waals surface area contributed by atoms with Crippen molar-refractivity contribution >= 4 is 6.47 Å². The minimum atomic E-state index is -0.403. The molecule has 0 aromatic heterocycles. The highest BCUT2D eigenvalue weighted by Gasteiger charge is 2.00. The van der Waals surface area contributed by atoms with E-state index in [1.54, 1.807) is 0 Å². The minimum absolute atomic E-state index is 0.403. The fraction of sp³-hybridized carbons (Fsp3) is 0.947. The van der Waals surface area contributed by atoms with Gasteiger partial charge in [0.25, 0.3) is 6.47 Å². The zero-order valence-corrected chi connectivity index (χ0v) is 14.9. The molecule has 0 saturated carbocycles. The Kier molecular flexibility index (Phi) is 18.0. The summed E-state index contributed by atoms with van der Waals surface area (Å²) in [6.07, 6.45) is 20.8. The monoisotopic (exact) mass is 313 g/mol. The highest BCUT2D eigenvalue weighted by atomic mass is 16.5. The molecular formula is C19H39NO2. The molecule has 132 valence electrons. The lowest BCUT2D eigenvalue weighted by Crippen LogP contribution is -2.22. The lowest BCUT2D eigenvalue weighted by Gasteiger charge is -2.08. The lowest BCUT2D eigenvalue weighted by atomic mass is 10.0. The van der Waals surface area contributed by atoms with Crippen molar-refractivity contribution < 1.29 is 9.53 Å². The highest BCUT2D eigenvalue weighted by molar-refractivity contribution is 5.37. The zero-order chi connectivity index (χ0) is 16.3. The molecule has 0 aromatic carbocycles. The quantitative estimate of drug-likeness (QED) is 0.200. The first kappa shape index (κ1) is 21.4. The Labute approximate surface area is 138 Å². The molecule has 0 bridgehead atoms. The predicted octanol–water partition coefficient (Wildman–Crippen LogP) is 5.71. The van der Waals surface area contributed by atoms with E-state index in [-0.39, 0.29) is 0 Å². The van der Waals surface area contributed by atoms with Crippen LogP contribution < -0.4 is 5.73 Å². The Morgan fingerprint density at radius 3 is 1.45 bits per heavy atom. The third-order valence-corrected chi connectivity index (χ3v) is 4.32.